The Balaban J connectivity index is 3.22. The van der Waals surface area contributed by atoms with Crippen LogP contribution >= 0.6 is 0 Å². The van der Waals surface area contributed by atoms with E-state index in [-0.39, 0.29) is 12.1 Å². The summed E-state index contributed by atoms with van der Waals surface area (Å²) in [6.07, 6.45) is -4.47. The van der Waals surface area contributed by atoms with Crippen LogP contribution in [0, 0.1) is 5.82 Å². The van der Waals surface area contributed by atoms with Crippen molar-refractivity contribution in [2.24, 2.45) is 5.73 Å². The Labute approximate surface area is 72.2 Å². The fraction of sp³-hybridized carbons (Fsp3) is 0.250. The third kappa shape index (κ3) is 2.18. The number of hydrogen-bond acceptors (Lipinski definition) is 1. The fourth-order valence-electron chi connectivity index (χ4n) is 1.01. The Morgan fingerprint density at radius 3 is 2.31 bits per heavy atom. The quantitative estimate of drug-likeness (QED) is 0.680. The highest BCUT2D eigenvalue weighted by Gasteiger charge is 2.32. The monoisotopic (exact) mass is 193 g/mol. The van der Waals surface area contributed by atoms with Crippen LogP contribution in [-0.2, 0) is 12.7 Å². The molecule has 1 nitrogen and oxygen atoms in total. The Bertz CT molecular complexity index is 306. The number of alkyl halides is 3. The molecule has 0 unspecified atom stereocenters. The summed E-state index contributed by atoms with van der Waals surface area (Å²) in [5.41, 5.74) is 3.94. The zero-order valence-electron chi connectivity index (χ0n) is 6.53. The molecule has 0 spiro atoms. The van der Waals surface area contributed by atoms with E-state index in [1.807, 2.05) is 0 Å². The third-order valence-electron chi connectivity index (χ3n) is 1.59. The lowest BCUT2D eigenvalue weighted by Crippen LogP contribution is -2.12. The number of hydrogen-bond donors (Lipinski definition) is 1. The summed E-state index contributed by atoms with van der Waals surface area (Å²) in [7, 11) is 0. The van der Waals surface area contributed by atoms with Crippen molar-refractivity contribution < 1.29 is 17.6 Å². The molecule has 0 amide bonds. The summed E-state index contributed by atoms with van der Waals surface area (Å²) >= 11 is 0. The summed E-state index contributed by atoms with van der Waals surface area (Å²) < 4.78 is 49.1. The van der Waals surface area contributed by atoms with E-state index in [1.165, 1.54) is 0 Å². The van der Waals surface area contributed by atoms with Gasteiger partial charge >= 0.3 is 6.18 Å². The number of halogens is 4. The van der Waals surface area contributed by atoms with Crippen LogP contribution in [0.5, 0.6) is 0 Å². The average Bonchev–Trinajstić information content (AvgIpc) is 2.01. The minimum absolute atomic E-state index is 0.229. The van der Waals surface area contributed by atoms with Gasteiger partial charge in [-0.25, -0.2) is 4.39 Å². The van der Waals surface area contributed by atoms with Crippen LogP contribution in [0.2, 0.25) is 0 Å². The highest BCUT2D eigenvalue weighted by Crippen LogP contribution is 2.31. The second-order valence-corrected chi connectivity index (χ2v) is 2.50. The predicted molar refractivity (Wildman–Crippen MR) is 39.3 cm³/mol. The highest BCUT2D eigenvalue weighted by atomic mass is 19.4. The minimum atomic E-state index is -4.47. The molecular formula is C8H7F4N. The van der Waals surface area contributed by atoms with E-state index < -0.39 is 17.6 Å². The van der Waals surface area contributed by atoms with Crippen LogP contribution < -0.4 is 5.73 Å². The van der Waals surface area contributed by atoms with Crippen molar-refractivity contribution >= 4 is 0 Å². The van der Waals surface area contributed by atoms with Gasteiger partial charge < -0.3 is 5.73 Å². The van der Waals surface area contributed by atoms with Gasteiger partial charge in [-0.3, -0.25) is 0 Å². The molecule has 0 atom stereocenters. The summed E-state index contributed by atoms with van der Waals surface area (Å²) in [6, 6.07) is 2.25. The van der Waals surface area contributed by atoms with Crippen molar-refractivity contribution in [2.45, 2.75) is 12.7 Å². The van der Waals surface area contributed by atoms with Crippen LogP contribution in [0.4, 0.5) is 17.6 Å². The zero-order valence-corrected chi connectivity index (χ0v) is 6.53. The Hall–Kier alpha value is -1.10. The van der Waals surface area contributed by atoms with Crippen molar-refractivity contribution in [1.29, 1.82) is 0 Å². The molecule has 0 bridgehead atoms. The largest absolute Gasteiger partial charge is 0.416 e. The van der Waals surface area contributed by atoms with Gasteiger partial charge in [-0.1, -0.05) is 0 Å². The van der Waals surface area contributed by atoms with Crippen molar-refractivity contribution in [1.82, 2.24) is 0 Å². The first-order valence-electron chi connectivity index (χ1n) is 3.51. The SMILES string of the molecule is NCc1cc(F)ccc1C(F)(F)F. The predicted octanol–water partition coefficient (Wildman–Crippen LogP) is 2.30. The molecule has 0 fully saturated rings. The lowest BCUT2D eigenvalue weighted by atomic mass is 10.1. The summed E-state index contributed by atoms with van der Waals surface area (Å²) in [6.45, 7) is -0.327. The maximum absolute atomic E-state index is 12.5. The number of benzene rings is 1. The van der Waals surface area contributed by atoms with E-state index >= 15 is 0 Å². The molecule has 0 aliphatic heterocycles. The van der Waals surface area contributed by atoms with E-state index in [1.54, 1.807) is 0 Å². The van der Waals surface area contributed by atoms with Crippen LogP contribution in [0.3, 0.4) is 0 Å². The van der Waals surface area contributed by atoms with Crippen LogP contribution in [0.25, 0.3) is 0 Å². The van der Waals surface area contributed by atoms with E-state index in [0.29, 0.717) is 6.07 Å². The van der Waals surface area contributed by atoms with Gasteiger partial charge in [-0.05, 0) is 23.8 Å². The standard InChI is InChI=1S/C8H7F4N/c9-6-1-2-7(8(10,11)12)5(3-6)4-13/h1-3H,4,13H2. The molecule has 0 saturated carbocycles. The van der Waals surface area contributed by atoms with Crippen molar-refractivity contribution in [3.8, 4) is 0 Å². The topological polar surface area (TPSA) is 26.0 Å². The summed E-state index contributed by atoms with van der Waals surface area (Å²) in [5, 5.41) is 0. The van der Waals surface area contributed by atoms with E-state index in [4.69, 9.17) is 5.73 Å². The van der Waals surface area contributed by atoms with Crippen molar-refractivity contribution in [3.63, 3.8) is 0 Å². The van der Waals surface area contributed by atoms with Gasteiger partial charge in [-0.2, -0.15) is 13.2 Å². The molecule has 1 aromatic rings. The maximum atomic E-state index is 12.5. The second kappa shape index (κ2) is 3.33. The molecule has 0 aliphatic rings. The molecule has 2 N–H and O–H groups in total. The molecular weight excluding hydrogens is 186 g/mol. The molecule has 0 aliphatic carbocycles. The smallest absolute Gasteiger partial charge is 0.326 e. The van der Waals surface area contributed by atoms with Gasteiger partial charge in [0, 0.05) is 6.54 Å². The summed E-state index contributed by atoms with van der Waals surface area (Å²) in [4.78, 5) is 0. The minimum Gasteiger partial charge on any atom is -0.326 e. The lowest BCUT2D eigenvalue weighted by Gasteiger charge is -2.10. The van der Waals surface area contributed by atoms with Crippen LogP contribution in [0.1, 0.15) is 11.1 Å². The zero-order chi connectivity index (χ0) is 10.1. The van der Waals surface area contributed by atoms with Gasteiger partial charge in [0.1, 0.15) is 5.82 Å². The van der Waals surface area contributed by atoms with Crippen molar-refractivity contribution in [3.05, 3.63) is 35.1 Å². The van der Waals surface area contributed by atoms with E-state index in [9.17, 15) is 17.6 Å². The maximum Gasteiger partial charge on any atom is 0.416 e. The Kier molecular flexibility index (Phi) is 2.56. The normalized spacial score (nSPS) is 11.8. The average molecular weight is 193 g/mol. The first kappa shape index (κ1) is 9.98. The molecule has 1 aromatic carbocycles. The summed E-state index contributed by atoms with van der Waals surface area (Å²) in [5.74, 6) is -0.714. The molecule has 5 heteroatoms. The van der Waals surface area contributed by atoms with Crippen LogP contribution in [0.15, 0.2) is 18.2 Å². The first-order valence-corrected chi connectivity index (χ1v) is 3.51. The highest BCUT2D eigenvalue weighted by molar-refractivity contribution is 5.30. The molecule has 72 valence electrons. The van der Waals surface area contributed by atoms with Gasteiger partial charge in [0.15, 0.2) is 0 Å². The molecule has 0 heterocycles. The van der Waals surface area contributed by atoms with Gasteiger partial charge in [-0.15, -0.1) is 0 Å². The molecule has 1 rings (SSSR count). The first-order chi connectivity index (χ1) is 5.95. The molecule has 0 saturated heterocycles. The lowest BCUT2D eigenvalue weighted by molar-refractivity contribution is -0.138. The van der Waals surface area contributed by atoms with Gasteiger partial charge in [0.2, 0.25) is 0 Å². The second-order valence-electron chi connectivity index (χ2n) is 2.50. The third-order valence-corrected chi connectivity index (χ3v) is 1.59. The number of rotatable bonds is 1. The van der Waals surface area contributed by atoms with Gasteiger partial charge in [0.05, 0.1) is 5.56 Å². The Morgan fingerprint density at radius 2 is 1.85 bits per heavy atom. The Morgan fingerprint density at radius 1 is 1.23 bits per heavy atom. The van der Waals surface area contributed by atoms with Gasteiger partial charge in [0.25, 0.3) is 0 Å². The molecule has 13 heavy (non-hydrogen) atoms. The fourth-order valence-corrected chi connectivity index (χ4v) is 1.01. The van der Waals surface area contributed by atoms with E-state index in [0.717, 1.165) is 12.1 Å². The molecule has 0 aromatic heterocycles. The molecule has 0 radical (unpaired) electrons. The number of nitrogens with two attached hydrogens (primary N) is 1. The van der Waals surface area contributed by atoms with E-state index in [2.05, 4.69) is 0 Å². The van der Waals surface area contributed by atoms with Crippen LogP contribution in [-0.4, -0.2) is 0 Å². The van der Waals surface area contributed by atoms with Crippen molar-refractivity contribution in [2.75, 3.05) is 0 Å².